The molecule has 0 spiro atoms. The zero-order chi connectivity index (χ0) is 15.4. The Morgan fingerprint density at radius 1 is 1.33 bits per heavy atom. The van der Waals surface area contributed by atoms with Crippen LogP contribution in [0.2, 0.25) is 0 Å². The van der Waals surface area contributed by atoms with Gasteiger partial charge in [0.05, 0.1) is 11.5 Å². The second-order valence-corrected chi connectivity index (χ2v) is 6.25. The molecule has 1 aromatic rings. The van der Waals surface area contributed by atoms with Crippen LogP contribution in [-0.4, -0.2) is 23.5 Å². The maximum absolute atomic E-state index is 11.5. The van der Waals surface area contributed by atoms with Crippen molar-refractivity contribution in [2.75, 3.05) is 11.9 Å². The van der Waals surface area contributed by atoms with E-state index in [1.807, 2.05) is 6.07 Å². The number of carbonyl (C=O) groups excluding carboxylic acids is 1. The van der Waals surface area contributed by atoms with Crippen molar-refractivity contribution >= 4 is 33.5 Å². The molecule has 4 N–H and O–H groups in total. The zero-order valence-electron chi connectivity index (χ0n) is 11.6. The van der Waals surface area contributed by atoms with Crippen LogP contribution in [0.25, 0.3) is 0 Å². The number of hydrogen-bond donors (Lipinski definition) is 3. The summed E-state index contributed by atoms with van der Waals surface area (Å²) in [4.78, 5) is 22.8. The average Bonchev–Trinajstić information content (AvgIpc) is 2.44. The number of carbonyl (C=O) groups is 2. The van der Waals surface area contributed by atoms with Crippen molar-refractivity contribution < 1.29 is 14.7 Å². The quantitative estimate of drug-likeness (QED) is 0.757. The molecule has 2 unspecified atom stereocenters. The van der Waals surface area contributed by atoms with Gasteiger partial charge in [0.2, 0.25) is 0 Å². The molecular formula is C15H19BrN2O3. The molecule has 6 heteroatoms. The molecule has 0 radical (unpaired) electrons. The van der Waals surface area contributed by atoms with Crippen molar-refractivity contribution in [2.45, 2.75) is 25.7 Å². The topological polar surface area (TPSA) is 92.4 Å². The van der Waals surface area contributed by atoms with Gasteiger partial charge in [-0.1, -0.05) is 18.9 Å². The highest BCUT2D eigenvalue weighted by Gasteiger charge is 2.30. The SMILES string of the molecule is NC(=O)c1c(Br)cccc1NCC1CCCCC1C(=O)O. The van der Waals surface area contributed by atoms with E-state index in [9.17, 15) is 14.7 Å². The van der Waals surface area contributed by atoms with Crippen molar-refractivity contribution in [3.63, 3.8) is 0 Å². The molecule has 1 saturated carbocycles. The number of primary amides is 1. The highest BCUT2D eigenvalue weighted by atomic mass is 79.9. The normalized spacial score (nSPS) is 21.8. The Kier molecular flexibility index (Phi) is 5.22. The van der Waals surface area contributed by atoms with Crippen LogP contribution in [0.5, 0.6) is 0 Å². The predicted molar refractivity (Wildman–Crippen MR) is 84.2 cm³/mol. The van der Waals surface area contributed by atoms with Gasteiger partial charge in [-0.15, -0.1) is 0 Å². The van der Waals surface area contributed by atoms with Gasteiger partial charge < -0.3 is 16.2 Å². The molecule has 0 aromatic heterocycles. The van der Waals surface area contributed by atoms with Gasteiger partial charge in [0, 0.05) is 16.7 Å². The van der Waals surface area contributed by atoms with Crippen LogP contribution in [-0.2, 0) is 4.79 Å². The summed E-state index contributed by atoms with van der Waals surface area (Å²) in [7, 11) is 0. The van der Waals surface area contributed by atoms with Gasteiger partial charge in [-0.2, -0.15) is 0 Å². The monoisotopic (exact) mass is 354 g/mol. The van der Waals surface area contributed by atoms with Gasteiger partial charge in [-0.05, 0) is 46.8 Å². The summed E-state index contributed by atoms with van der Waals surface area (Å²) in [5.41, 5.74) is 6.44. The van der Waals surface area contributed by atoms with Crippen LogP contribution in [0.1, 0.15) is 36.0 Å². The Balaban J connectivity index is 2.10. The van der Waals surface area contributed by atoms with Crippen molar-refractivity contribution in [3.05, 3.63) is 28.2 Å². The maximum atomic E-state index is 11.5. The minimum absolute atomic E-state index is 0.0796. The van der Waals surface area contributed by atoms with E-state index in [0.717, 1.165) is 25.7 Å². The van der Waals surface area contributed by atoms with Gasteiger partial charge in [-0.3, -0.25) is 9.59 Å². The van der Waals surface area contributed by atoms with E-state index < -0.39 is 11.9 Å². The van der Waals surface area contributed by atoms with Crippen LogP contribution < -0.4 is 11.1 Å². The number of amides is 1. The zero-order valence-corrected chi connectivity index (χ0v) is 13.2. The fraction of sp³-hybridized carbons (Fsp3) is 0.467. The summed E-state index contributed by atoms with van der Waals surface area (Å²) in [5.74, 6) is -1.47. The largest absolute Gasteiger partial charge is 0.481 e. The van der Waals surface area contributed by atoms with Gasteiger partial charge in [-0.25, -0.2) is 0 Å². The molecule has 1 aromatic carbocycles. The standard InChI is InChI=1S/C15H19BrN2O3/c16-11-6-3-7-12(13(11)14(17)19)18-8-9-4-1-2-5-10(9)15(20)21/h3,6-7,9-10,18H,1-2,4-5,8H2,(H2,17,19)(H,20,21). The first kappa shape index (κ1) is 15.8. The molecule has 0 saturated heterocycles. The molecule has 2 atom stereocenters. The number of halogens is 1. The van der Waals surface area contributed by atoms with Gasteiger partial charge in [0.25, 0.3) is 5.91 Å². The number of nitrogens with one attached hydrogen (secondary N) is 1. The van der Waals surface area contributed by atoms with E-state index in [1.54, 1.807) is 12.1 Å². The van der Waals surface area contributed by atoms with Crippen molar-refractivity contribution in [1.82, 2.24) is 0 Å². The summed E-state index contributed by atoms with van der Waals surface area (Å²) in [6.45, 7) is 0.535. The first-order valence-corrected chi connectivity index (χ1v) is 7.85. The maximum Gasteiger partial charge on any atom is 0.306 e. The third-order valence-corrected chi connectivity index (χ3v) is 4.70. The Hall–Kier alpha value is -1.56. The lowest BCUT2D eigenvalue weighted by Gasteiger charge is -2.29. The van der Waals surface area contributed by atoms with E-state index in [0.29, 0.717) is 22.3 Å². The Morgan fingerprint density at radius 2 is 2.05 bits per heavy atom. The van der Waals surface area contributed by atoms with Crippen LogP contribution in [0.3, 0.4) is 0 Å². The van der Waals surface area contributed by atoms with E-state index in [4.69, 9.17) is 5.73 Å². The molecule has 2 rings (SSSR count). The number of carboxylic acid groups (broad SMARTS) is 1. The lowest BCUT2D eigenvalue weighted by molar-refractivity contribution is -0.144. The number of carboxylic acids is 1. The van der Waals surface area contributed by atoms with Gasteiger partial charge in [0.1, 0.15) is 0 Å². The second-order valence-electron chi connectivity index (χ2n) is 5.40. The van der Waals surface area contributed by atoms with Gasteiger partial charge in [0.15, 0.2) is 0 Å². The van der Waals surface area contributed by atoms with E-state index in [1.165, 1.54) is 0 Å². The second kappa shape index (κ2) is 6.93. The summed E-state index contributed by atoms with van der Waals surface area (Å²) in [5, 5.41) is 12.5. The van der Waals surface area contributed by atoms with Crippen LogP contribution in [0.4, 0.5) is 5.69 Å². The molecule has 21 heavy (non-hydrogen) atoms. The average molecular weight is 355 g/mol. The molecular weight excluding hydrogens is 336 g/mol. The van der Waals surface area contributed by atoms with Crippen molar-refractivity contribution in [3.8, 4) is 0 Å². The van der Waals surface area contributed by atoms with E-state index >= 15 is 0 Å². The molecule has 1 amide bonds. The number of hydrogen-bond acceptors (Lipinski definition) is 3. The Morgan fingerprint density at radius 3 is 2.71 bits per heavy atom. The van der Waals surface area contributed by atoms with E-state index in [2.05, 4.69) is 21.2 Å². The summed E-state index contributed by atoms with van der Waals surface area (Å²) in [6, 6.07) is 5.35. The lowest BCUT2D eigenvalue weighted by atomic mass is 9.79. The van der Waals surface area contributed by atoms with Crippen molar-refractivity contribution in [2.24, 2.45) is 17.6 Å². The molecule has 5 nitrogen and oxygen atoms in total. The summed E-state index contributed by atoms with van der Waals surface area (Å²) < 4.78 is 0.637. The summed E-state index contributed by atoms with van der Waals surface area (Å²) >= 11 is 3.31. The Bertz CT molecular complexity index is 548. The smallest absolute Gasteiger partial charge is 0.306 e. The highest BCUT2D eigenvalue weighted by Crippen LogP contribution is 2.31. The van der Waals surface area contributed by atoms with E-state index in [-0.39, 0.29) is 11.8 Å². The third-order valence-electron chi connectivity index (χ3n) is 4.04. The number of aliphatic carboxylic acids is 1. The third kappa shape index (κ3) is 3.75. The molecule has 1 aliphatic carbocycles. The Labute approximate surface area is 132 Å². The predicted octanol–water partition coefficient (Wildman–Crippen LogP) is 2.85. The minimum atomic E-state index is -0.731. The first-order chi connectivity index (χ1) is 10.0. The first-order valence-electron chi connectivity index (χ1n) is 7.05. The minimum Gasteiger partial charge on any atom is -0.481 e. The van der Waals surface area contributed by atoms with Gasteiger partial charge >= 0.3 is 5.97 Å². The fourth-order valence-electron chi connectivity index (χ4n) is 2.94. The number of benzene rings is 1. The molecule has 1 aliphatic rings. The highest BCUT2D eigenvalue weighted by molar-refractivity contribution is 9.10. The van der Waals surface area contributed by atoms with Crippen LogP contribution in [0.15, 0.2) is 22.7 Å². The van der Waals surface area contributed by atoms with Crippen LogP contribution >= 0.6 is 15.9 Å². The molecule has 1 fully saturated rings. The number of rotatable bonds is 5. The molecule has 114 valence electrons. The number of anilines is 1. The van der Waals surface area contributed by atoms with Crippen molar-refractivity contribution in [1.29, 1.82) is 0 Å². The molecule has 0 aliphatic heterocycles. The summed E-state index contributed by atoms with van der Waals surface area (Å²) in [6.07, 6.45) is 3.64. The fourth-order valence-corrected chi connectivity index (χ4v) is 3.50. The lowest BCUT2D eigenvalue weighted by Crippen LogP contribution is -2.32. The molecule has 0 heterocycles. The number of nitrogens with two attached hydrogens (primary N) is 1. The molecule has 0 bridgehead atoms. The van der Waals surface area contributed by atoms with Crippen LogP contribution in [0, 0.1) is 11.8 Å².